The number of rotatable bonds is 5. The Labute approximate surface area is 136 Å². The van der Waals surface area contributed by atoms with Gasteiger partial charge in [-0.25, -0.2) is 14.2 Å². The van der Waals surface area contributed by atoms with Gasteiger partial charge in [-0.2, -0.15) is 0 Å². The van der Waals surface area contributed by atoms with Crippen LogP contribution in [0.1, 0.15) is 32.1 Å². The Bertz CT molecular complexity index is 556. The number of hydrogen-bond acceptors (Lipinski definition) is 4. The molecular weight excluding hydrogens is 294 g/mol. The van der Waals surface area contributed by atoms with E-state index in [0.29, 0.717) is 6.54 Å². The predicted molar refractivity (Wildman–Crippen MR) is 84.3 cm³/mol. The summed E-state index contributed by atoms with van der Waals surface area (Å²) < 4.78 is 11.6. The summed E-state index contributed by atoms with van der Waals surface area (Å²) in [5.41, 5.74) is 0.873. The maximum Gasteiger partial charge on any atom is 0.345 e. The monoisotopic (exact) mass is 318 g/mol. The third-order valence-corrected chi connectivity index (χ3v) is 4.33. The maximum absolute atomic E-state index is 12.2. The molecule has 23 heavy (non-hydrogen) atoms. The highest BCUT2D eigenvalue weighted by Crippen LogP contribution is 2.32. The SMILES string of the molecule is COC(=O)C(C(=O)OC)=C(C[n+]1ccccc1)C1CCCCC1. The molecule has 1 aliphatic rings. The molecule has 1 aromatic heterocycles. The van der Waals surface area contributed by atoms with Crippen molar-refractivity contribution >= 4 is 11.9 Å². The number of esters is 2. The number of nitrogens with zero attached hydrogens (tertiary/aromatic N) is 1. The number of allylic oxidation sites excluding steroid dienone is 1. The van der Waals surface area contributed by atoms with Crippen molar-refractivity contribution in [2.24, 2.45) is 5.92 Å². The molecule has 0 amide bonds. The average molecular weight is 318 g/mol. The first-order valence-electron chi connectivity index (χ1n) is 8.01. The summed E-state index contributed by atoms with van der Waals surface area (Å²) in [5, 5.41) is 0. The van der Waals surface area contributed by atoms with E-state index in [4.69, 9.17) is 9.47 Å². The van der Waals surface area contributed by atoms with E-state index in [9.17, 15) is 9.59 Å². The van der Waals surface area contributed by atoms with Crippen LogP contribution >= 0.6 is 0 Å². The molecule has 1 aromatic rings. The van der Waals surface area contributed by atoms with E-state index in [-0.39, 0.29) is 11.5 Å². The van der Waals surface area contributed by atoms with Crippen LogP contribution in [-0.2, 0) is 25.6 Å². The standard InChI is InChI=1S/C18H24NO4/c1-22-17(20)16(18(21)23-2)15(14-9-5-3-6-10-14)13-19-11-7-4-8-12-19/h4,7-8,11-12,14H,3,5-6,9-10,13H2,1-2H3/q+1. The molecule has 0 unspecified atom stereocenters. The molecule has 124 valence electrons. The van der Waals surface area contributed by atoms with Crippen LogP contribution in [0.15, 0.2) is 41.7 Å². The average Bonchev–Trinajstić information content (AvgIpc) is 2.62. The van der Waals surface area contributed by atoms with Gasteiger partial charge < -0.3 is 9.47 Å². The number of methoxy groups -OCH3 is 2. The lowest BCUT2D eigenvalue weighted by Gasteiger charge is -2.24. The topological polar surface area (TPSA) is 56.5 Å². The molecular formula is C18H24NO4+. The third kappa shape index (κ3) is 4.41. The Kier molecular flexibility index (Phi) is 6.32. The van der Waals surface area contributed by atoms with Crippen LogP contribution in [-0.4, -0.2) is 26.2 Å². The minimum Gasteiger partial charge on any atom is -0.465 e. The summed E-state index contributed by atoms with van der Waals surface area (Å²) in [5.74, 6) is -1.02. The number of hydrogen-bond donors (Lipinski definition) is 0. The van der Waals surface area contributed by atoms with Crippen LogP contribution in [0.4, 0.5) is 0 Å². The predicted octanol–water partition coefficient (Wildman–Crippen LogP) is 2.20. The van der Waals surface area contributed by atoms with Gasteiger partial charge in [0.05, 0.1) is 14.2 Å². The maximum atomic E-state index is 12.2. The second-order valence-electron chi connectivity index (χ2n) is 5.77. The summed E-state index contributed by atoms with van der Waals surface area (Å²) in [7, 11) is 2.58. The Morgan fingerprint density at radius 3 is 2.04 bits per heavy atom. The van der Waals surface area contributed by atoms with E-state index in [0.717, 1.165) is 31.3 Å². The molecule has 0 aromatic carbocycles. The zero-order chi connectivity index (χ0) is 16.7. The zero-order valence-electron chi connectivity index (χ0n) is 13.8. The lowest BCUT2D eigenvalue weighted by atomic mass is 9.81. The first-order valence-corrected chi connectivity index (χ1v) is 8.01. The van der Waals surface area contributed by atoms with Crippen molar-refractivity contribution in [3.63, 3.8) is 0 Å². The van der Waals surface area contributed by atoms with Crippen molar-refractivity contribution in [2.45, 2.75) is 38.6 Å². The normalized spacial score (nSPS) is 14.9. The van der Waals surface area contributed by atoms with Gasteiger partial charge in [-0.15, -0.1) is 0 Å². The molecule has 5 heteroatoms. The molecule has 0 saturated heterocycles. The fourth-order valence-electron chi connectivity index (χ4n) is 3.15. The minimum absolute atomic E-state index is 0.0539. The second-order valence-corrected chi connectivity index (χ2v) is 5.77. The van der Waals surface area contributed by atoms with Gasteiger partial charge in [-0.05, 0) is 18.8 Å². The van der Waals surface area contributed by atoms with Crippen LogP contribution in [0.5, 0.6) is 0 Å². The lowest BCUT2D eigenvalue weighted by molar-refractivity contribution is -0.689. The third-order valence-electron chi connectivity index (χ3n) is 4.33. The zero-order valence-corrected chi connectivity index (χ0v) is 13.8. The van der Waals surface area contributed by atoms with Crippen LogP contribution < -0.4 is 4.57 Å². The molecule has 0 radical (unpaired) electrons. The van der Waals surface area contributed by atoms with E-state index < -0.39 is 11.9 Å². The van der Waals surface area contributed by atoms with Crippen molar-refractivity contribution in [3.05, 3.63) is 41.7 Å². The molecule has 1 saturated carbocycles. The van der Waals surface area contributed by atoms with E-state index >= 15 is 0 Å². The Morgan fingerprint density at radius 2 is 1.52 bits per heavy atom. The Morgan fingerprint density at radius 1 is 0.957 bits per heavy atom. The summed E-state index contributed by atoms with van der Waals surface area (Å²) in [6, 6.07) is 5.78. The van der Waals surface area contributed by atoms with Gasteiger partial charge in [-0.1, -0.05) is 25.3 Å². The lowest BCUT2D eigenvalue weighted by Crippen LogP contribution is -2.37. The van der Waals surface area contributed by atoms with Gasteiger partial charge in [0.2, 0.25) is 0 Å². The molecule has 0 bridgehead atoms. The van der Waals surface area contributed by atoms with Crippen molar-refractivity contribution < 1.29 is 23.6 Å². The summed E-state index contributed by atoms with van der Waals surface area (Å²) in [6.07, 6.45) is 9.25. The van der Waals surface area contributed by atoms with Crippen molar-refractivity contribution in [1.29, 1.82) is 0 Å². The molecule has 1 aliphatic carbocycles. The molecule has 0 atom stereocenters. The van der Waals surface area contributed by atoms with E-state index in [1.54, 1.807) is 0 Å². The van der Waals surface area contributed by atoms with Crippen molar-refractivity contribution in [3.8, 4) is 0 Å². The summed E-state index contributed by atoms with van der Waals surface area (Å²) >= 11 is 0. The van der Waals surface area contributed by atoms with E-state index in [1.165, 1.54) is 20.6 Å². The molecule has 2 rings (SSSR count). The number of aromatic nitrogens is 1. The van der Waals surface area contributed by atoms with E-state index in [2.05, 4.69) is 0 Å². The van der Waals surface area contributed by atoms with Gasteiger partial charge in [0.25, 0.3) is 0 Å². The summed E-state index contributed by atoms with van der Waals surface area (Å²) in [6.45, 7) is 0.491. The van der Waals surface area contributed by atoms with Crippen LogP contribution in [0.25, 0.3) is 0 Å². The van der Waals surface area contributed by atoms with Gasteiger partial charge in [0.1, 0.15) is 0 Å². The van der Waals surface area contributed by atoms with Gasteiger partial charge in [-0.3, -0.25) is 0 Å². The van der Waals surface area contributed by atoms with Crippen LogP contribution in [0.2, 0.25) is 0 Å². The highest BCUT2D eigenvalue weighted by atomic mass is 16.5. The largest absolute Gasteiger partial charge is 0.465 e. The number of carbonyl (C=O) groups is 2. The van der Waals surface area contributed by atoms with Gasteiger partial charge >= 0.3 is 11.9 Å². The molecule has 5 nitrogen and oxygen atoms in total. The number of carbonyl (C=O) groups excluding carboxylic acids is 2. The van der Waals surface area contributed by atoms with Crippen molar-refractivity contribution in [1.82, 2.24) is 0 Å². The fourth-order valence-corrected chi connectivity index (χ4v) is 3.15. The molecule has 1 heterocycles. The number of ether oxygens (including phenoxy) is 2. The first-order chi connectivity index (χ1) is 11.2. The first kappa shape index (κ1) is 17.2. The van der Waals surface area contributed by atoms with Crippen LogP contribution in [0.3, 0.4) is 0 Å². The molecule has 1 fully saturated rings. The highest BCUT2D eigenvalue weighted by molar-refractivity contribution is 6.14. The Balaban J connectivity index is 2.45. The van der Waals surface area contributed by atoms with E-state index in [1.807, 2.05) is 35.2 Å². The molecule has 0 N–H and O–H groups in total. The Hall–Kier alpha value is -2.17. The van der Waals surface area contributed by atoms with Gasteiger partial charge in [0.15, 0.2) is 24.5 Å². The quantitative estimate of drug-likeness (QED) is 0.275. The van der Waals surface area contributed by atoms with Crippen LogP contribution in [0, 0.1) is 5.92 Å². The summed E-state index contributed by atoms with van der Waals surface area (Å²) in [4.78, 5) is 24.4. The van der Waals surface area contributed by atoms with Crippen molar-refractivity contribution in [2.75, 3.05) is 14.2 Å². The highest BCUT2D eigenvalue weighted by Gasteiger charge is 2.32. The minimum atomic E-state index is -0.617. The smallest absolute Gasteiger partial charge is 0.345 e. The number of pyridine rings is 1. The second kappa shape index (κ2) is 8.46. The van der Waals surface area contributed by atoms with Gasteiger partial charge in [0, 0.05) is 17.7 Å². The fraction of sp³-hybridized carbons (Fsp3) is 0.500. The molecule has 0 aliphatic heterocycles. The molecule has 0 spiro atoms.